The quantitative estimate of drug-likeness (QED) is 0.0419. The second kappa shape index (κ2) is 18.5. The minimum Gasteiger partial charge on any atom is -0.508 e. The van der Waals surface area contributed by atoms with Crippen molar-refractivity contribution in [2.45, 2.75) is 63.4 Å². The number of phenolic OH excluding ortho intramolecular Hbond substituents is 1. The number of guanidine groups is 1. The first-order chi connectivity index (χ1) is 20.6. The molecule has 1 aromatic carbocycles. The molecule has 14 N–H and O–H groups in total. The highest BCUT2D eigenvalue weighted by Crippen LogP contribution is 2.12. The maximum Gasteiger partial charge on any atom is 0.326 e. The van der Waals surface area contributed by atoms with E-state index in [-0.39, 0.29) is 37.5 Å². The summed E-state index contributed by atoms with van der Waals surface area (Å²) in [6, 6.07) is 0.830. The molecule has 0 unspecified atom stereocenters. The van der Waals surface area contributed by atoms with Crippen molar-refractivity contribution in [2.24, 2.45) is 22.2 Å². The average Bonchev–Trinajstić information content (AvgIpc) is 2.94. The minimum atomic E-state index is -1.38. The molecule has 5 atom stereocenters. The van der Waals surface area contributed by atoms with Gasteiger partial charge in [0, 0.05) is 13.0 Å². The lowest BCUT2D eigenvalue weighted by Crippen LogP contribution is -2.56. The van der Waals surface area contributed by atoms with Crippen molar-refractivity contribution in [1.29, 1.82) is 0 Å². The molecule has 244 valence electrons. The number of aliphatic hydroxyl groups is 1. The first-order valence-electron chi connectivity index (χ1n) is 13.5. The van der Waals surface area contributed by atoms with Gasteiger partial charge in [-0.2, -0.15) is 0 Å². The number of carboxylic acids is 1. The van der Waals surface area contributed by atoms with E-state index >= 15 is 0 Å². The maximum absolute atomic E-state index is 13.1. The van der Waals surface area contributed by atoms with Gasteiger partial charge >= 0.3 is 5.97 Å². The predicted molar refractivity (Wildman–Crippen MR) is 156 cm³/mol. The number of aliphatic hydroxyl groups excluding tert-OH is 1. The van der Waals surface area contributed by atoms with Crippen molar-refractivity contribution in [3.63, 3.8) is 0 Å². The van der Waals surface area contributed by atoms with Gasteiger partial charge in [-0.05, 0) is 44.4 Å². The third-order valence-corrected chi connectivity index (χ3v) is 5.93. The second-order valence-corrected chi connectivity index (χ2v) is 9.85. The van der Waals surface area contributed by atoms with Gasteiger partial charge in [-0.1, -0.05) is 12.1 Å². The van der Waals surface area contributed by atoms with E-state index in [1.165, 1.54) is 38.1 Å². The van der Waals surface area contributed by atoms with Gasteiger partial charge < -0.3 is 59.1 Å². The van der Waals surface area contributed by atoms with Crippen LogP contribution in [-0.4, -0.2) is 107 Å². The number of carboxylic acid groups (broad SMARTS) is 1. The topological polar surface area (TPSA) is 314 Å². The van der Waals surface area contributed by atoms with Crippen LogP contribution in [0.15, 0.2) is 29.3 Å². The summed E-state index contributed by atoms with van der Waals surface area (Å²) in [5.41, 5.74) is 16.5. The van der Waals surface area contributed by atoms with Crippen LogP contribution in [0, 0.1) is 0 Å². The zero-order valence-corrected chi connectivity index (χ0v) is 24.4. The van der Waals surface area contributed by atoms with E-state index in [0.29, 0.717) is 5.56 Å². The summed E-state index contributed by atoms with van der Waals surface area (Å²) >= 11 is 0. The maximum atomic E-state index is 13.1. The molecule has 0 radical (unpaired) electrons. The first kappa shape index (κ1) is 37.1. The Labute approximate surface area is 253 Å². The van der Waals surface area contributed by atoms with Gasteiger partial charge in [0.15, 0.2) is 5.96 Å². The summed E-state index contributed by atoms with van der Waals surface area (Å²) in [5.74, 6) is -5.52. The molecule has 0 aliphatic carbocycles. The van der Waals surface area contributed by atoms with E-state index in [9.17, 15) is 44.1 Å². The van der Waals surface area contributed by atoms with Crippen LogP contribution in [0.1, 0.15) is 32.3 Å². The van der Waals surface area contributed by atoms with E-state index in [2.05, 4.69) is 31.6 Å². The molecule has 0 aromatic heterocycles. The molecule has 1 rings (SSSR count). The molecular formula is C26H41N9O9. The Morgan fingerprint density at radius 2 is 1.45 bits per heavy atom. The lowest BCUT2D eigenvalue weighted by molar-refractivity contribution is -0.142. The Morgan fingerprint density at radius 1 is 0.841 bits per heavy atom. The number of carbonyl (C=O) groups is 6. The van der Waals surface area contributed by atoms with Gasteiger partial charge in [-0.25, -0.2) is 4.79 Å². The monoisotopic (exact) mass is 623 g/mol. The molecule has 18 nitrogen and oxygen atoms in total. The van der Waals surface area contributed by atoms with Crippen molar-refractivity contribution in [3.05, 3.63) is 29.8 Å². The van der Waals surface area contributed by atoms with Crippen LogP contribution in [0.25, 0.3) is 0 Å². The van der Waals surface area contributed by atoms with Crippen molar-refractivity contribution < 1.29 is 44.1 Å². The van der Waals surface area contributed by atoms with Crippen LogP contribution < -0.4 is 43.8 Å². The summed E-state index contributed by atoms with van der Waals surface area (Å²) in [5, 5.41) is 40.4. The summed E-state index contributed by atoms with van der Waals surface area (Å²) in [6.45, 7) is 1.55. The molecule has 1 aromatic rings. The SMILES string of the molecule is C[C@H](N)C(=O)N[C@H](C(=O)NCC(=O)NCC(=O)N[C@H](Cc1ccc(O)cc1)C(=O)N[C@H](CCCN=C(N)N)C(=O)O)[C@H](C)O. The number of nitrogens with zero attached hydrogens (tertiary/aromatic N) is 1. The van der Waals surface area contributed by atoms with E-state index in [4.69, 9.17) is 17.2 Å². The summed E-state index contributed by atoms with van der Waals surface area (Å²) in [4.78, 5) is 77.5. The number of aliphatic imine (C=N–C) groups is 1. The molecular weight excluding hydrogens is 582 g/mol. The van der Waals surface area contributed by atoms with Crippen LogP contribution >= 0.6 is 0 Å². The van der Waals surface area contributed by atoms with Gasteiger partial charge in [-0.3, -0.25) is 29.0 Å². The normalized spacial score (nSPS) is 14.0. The van der Waals surface area contributed by atoms with E-state index in [1.807, 2.05) is 0 Å². The van der Waals surface area contributed by atoms with Crippen molar-refractivity contribution in [1.82, 2.24) is 26.6 Å². The fraction of sp³-hybridized carbons (Fsp3) is 0.500. The highest BCUT2D eigenvalue weighted by molar-refractivity contribution is 5.94. The van der Waals surface area contributed by atoms with Crippen molar-refractivity contribution in [2.75, 3.05) is 19.6 Å². The van der Waals surface area contributed by atoms with Crippen LogP contribution in [0.2, 0.25) is 0 Å². The number of nitrogens with one attached hydrogen (secondary N) is 5. The number of hydrogen-bond donors (Lipinski definition) is 11. The molecule has 18 heteroatoms. The van der Waals surface area contributed by atoms with Crippen LogP contribution in [0.5, 0.6) is 5.75 Å². The van der Waals surface area contributed by atoms with Crippen molar-refractivity contribution >= 4 is 41.5 Å². The van der Waals surface area contributed by atoms with Gasteiger partial charge in [0.25, 0.3) is 0 Å². The molecule has 44 heavy (non-hydrogen) atoms. The standard InChI is InChI=1S/C26H41N9O9/c1-13(27)22(40)35-21(14(2)36)24(42)32-11-19(38)31-12-20(39)33-18(10-15-5-7-16(37)8-6-15)23(41)34-17(25(43)44)4-3-9-30-26(28)29/h5-8,13-14,17-18,21,36-37H,3-4,9-12,27H2,1-2H3,(H,31,38)(H,32,42)(H,33,39)(H,34,41)(H,35,40)(H,43,44)(H4,28,29,30)/t13-,14-,17+,18+,21-/m0/s1. The van der Waals surface area contributed by atoms with Crippen LogP contribution in [-0.2, 0) is 35.2 Å². The summed E-state index contributed by atoms with van der Waals surface area (Å²) in [7, 11) is 0. The number of rotatable bonds is 18. The largest absolute Gasteiger partial charge is 0.508 e. The second-order valence-electron chi connectivity index (χ2n) is 9.85. The fourth-order valence-electron chi connectivity index (χ4n) is 3.56. The number of phenols is 1. The highest BCUT2D eigenvalue weighted by Gasteiger charge is 2.28. The third-order valence-electron chi connectivity index (χ3n) is 5.93. The summed E-state index contributed by atoms with van der Waals surface area (Å²) < 4.78 is 0. The van der Waals surface area contributed by atoms with Gasteiger partial charge in [0.05, 0.1) is 25.2 Å². The number of hydrogen-bond acceptors (Lipinski definition) is 10. The molecule has 0 aliphatic rings. The fourth-order valence-corrected chi connectivity index (χ4v) is 3.56. The number of aliphatic carboxylic acids is 1. The molecule has 5 amide bonds. The molecule has 0 bridgehead atoms. The molecule has 0 fully saturated rings. The molecule has 0 heterocycles. The predicted octanol–water partition coefficient (Wildman–Crippen LogP) is -4.51. The number of benzene rings is 1. The number of aromatic hydroxyl groups is 1. The van der Waals surface area contributed by atoms with Crippen LogP contribution in [0.4, 0.5) is 0 Å². The van der Waals surface area contributed by atoms with Gasteiger partial charge in [0.1, 0.15) is 23.9 Å². The van der Waals surface area contributed by atoms with E-state index in [1.54, 1.807) is 0 Å². The van der Waals surface area contributed by atoms with Gasteiger partial charge in [0.2, 0.25) is 29.5 Å². The first-order valence-corrected chi connectivity index (χ1v) is 13.5. The molecule has 0 saturated carbocycles. The van der Waals surface area contributed by atoms with Crippen LogP contribution in [0.3, 0.4) is 0 Å². The number of nitrogens with two attached hydrogens (primary N) is 3. The summed E-state index contributed by atoms with van der Waals surface area (Å²) in [6.07, 6.45) is -1.16. The third kappa shape index (κ3) is 14.3. The van der Waals surface area contributed by atoms with E-state index < -0.39 is 78.9 Å². The lowest BCUT2D eigenvalue weighted by Gasteiger charge is -2.22. The Hall–Kier alpha value is -4.97. The zero-order valence-electron chi connectivity index (χ0n) is 24.4. The molecule has 0 spiro atoms. The highest BCUT2D eigenvalue weighted by atomic mass is 16.4. The Morgan fingerprint density at radius 3 is 2.00 bits per heavy atom. The molecule has 0 saturated heterocycles. The lowest BCUT2D eigenvalue weighted by atomic mass is 10.0. The number of carbonyl (C=O) groups excluding carboxylic acids is 5. The Kier molecular flexibility index (Phi) is 15.6. The van der Waals surface area contributed by atoms with Crippen molar-refractivity contribution in [3.8, 4) is 5.75 Å². The minimum absolute atomic E-state index is 0.00957. The zero-order chi connectivity index (χ0) is 33.4. The average molecular weight is 624 g/mol. The number of amides is 5. The van der Waals surface area contributed by atoms with Gasteiger partial charge in [-0.15, -0.1) is 0 Å². The Bertz CT molecular complexity index is 1190. The van der Waals surface area contributed by atoms with E-state index in [0.717, 1.165) is 0 Å². The molecule has 0 aliphatic heterocycles. The Balaban J connectivity index is 2.82. The smallest absolute Gasteiger partial charge is 0.326 e.